The van der Waals surface area contributed by atoms with Gasteiger partial charge in [-0.3, -0.25) is 4.79 Å². The van der Waals surface area contributed by atoms with Crippen LogP contribution in [0.2, 0.25) is 10.0 Å². The summed E-state index contributed by atoms with van der Waals surface area (Å²) >= 11 is 12.2. The zero-order valence-corrected chi connectivity index (χ0v) is 16.9. The molecule has 1 heterocycles. The Labute approximate surface area is 174 Å². The number of rotatable bonds is 5. The highest BCUT2D eigenvalue weighted by molar-refractivity contribution is 6.38. The number of hydrogen-bond acceptors (Lipinski definition) is 2. The number of amides is 1. The molecule has 28 heavy (non-hydrogen) atoms. The summed E-state index contributed by atoms with van der Waals surface area (Å²) in [6.07, 6.45) is 6.49. The van der Waals surface area contributed by atoms with Crippen LogP contribution in [-0.2, 0) is 24.2 Å². The molecule has 4 nitrogen and oxygen atoms in total. The number of para-hydroxylation sites is 1. The molecular formula is C22H21Cl2N3O. The molecule has 144 valence electrons. The molecule has 0 aliphatic heterocycles. The van der Waals surface area contributed by atoms with Gasteiger partial charge in [0, 0.05) is 35.1 Å². The van der Waals surface area contributed by atoms with E-state index in [0.29, 0.717) is 28.6 Å². The van der Waals surface area contributed by atoms with E-state index >= 15 is 0 Å². The fourth-order valence-electron chi connectivity index (χ4n) is 3.91. The Kier molecular flexibility index (Phi) is 5.69. The molecule has 0 radical (unpaired) electrons. The minimum Gasteiger partial charge on any atom is -0.344 e. The second-order valence-corrected chi connectivity index (χ2v) is 7.79. The Hall–Kier alpha value is -2.30. The van der Waals surface area contributed by atoms with Crippen LogP contribution < -0.4 is 5.43 Å². The van der Waals surface area contributed by atoms with Crippen molar-refractivity contribution in [1.29, 1.82) is 0 Å². The predicted molar refractivity (Wildman–Crippen MR) is 115 cm³/mol. The van der Waals surface area contributed by atoms with Crippen LogP contribution >= 0.6 is 23.2 Å². The standard InChI is InChI=1S/C22H21Cl2N3O/c23-18-8-5-9-19(24)17(18)14-25-26-22(28)12-13-27-20-10-3-1-6-15(20)16-7-2-4-11-21(16)27/h1,3,5-6,8-10,14H,2,4,7,11-13H2,(H,26,28)/b25-14-. The highest BCUT2D eigenvalue weighted by Crippen LogP contribution is 2.32. The molecule has 1 aromatic heterocycles. The van der Waals surface area contributed by atoms with Gasteiger partial charge in [-0.2, -0.15) is 5.10 Å². The van der Waals surface area contributed by atoms with Crippen molar-refractivity contribution in [2.45, 2.75) is 38.6 Å². The molecule has 1 aliphatic rings. The average Bonchev–Trinajstić information content (AvgIpc) is 3.02. The highest BCUT2D eigenvalue weighted by Gasteiger charge is 2.19. The number of nitrogens with zero attached hydrogens (tertiary/aromatic N) is 2. The smallest absolute Gasteiger partial charge is 0.241 e. The van der Waals surface area contributed by atoms with Crippen molar-refractivity contribution in [3.8, 4) is 0 Å². The van der Waals surface area contributed by atoms with E-state index in [0.717, 1.165) is 12.8 Å². The molecule has 1 N–H and O–H groups in total. The maximum atomic E-state index is 12.3. The number of benzene rings is 2. The second-order valence-electron chi connectivity index (χ2n) is 6.98. The van der Waals surface area contributed by atoms with E-state index in [2.05, 4.69) is 39.4 Å². The molecule has 0 saturated carbocycles. The van der Waals surface area contributed by atoms with E-state index in [1.54, 1.807) is 18.2 Å². The van der Waals surface area contributed by atoms with Gasteiger partial charge < -0.3 is 4.57 Å². The van der Waals surface area contributed by atoms with E-state index in [-0.39, 0.29) is 5.91 Å². The number of carbonyl (C=O) groups is 1. The van der Waals surface area contributed by atoms with Crippen LogP contribution in [0.5, 0.6) is 0 Å². The SMILES string of the molecule is O=C(CCn1c2c(c3ccccc31)CCCC2)N/N=C\c1c(Cl)cccc1Cl. The lowest BCUT2D eigenvalue weighted by atomic mass is 9.95. The van der Waals surface area contributed by atoms with Gasteiger partial charge in [-0.25, -0.2) is 5.43 Å². The lowest BCUT2D eigenvalue weighted by Gasteiger charge is -2.15. The third kappa shape index (κ3) is 3.80. The summed E-state index contributed by atoms with van der Waals surface area (Å²) in [6.45, 7) is 0.643. The Balaban J connectivity index is 1.45. The zero-order chi connectivity index (χ0) is 19.5. The van der Waals surface area contributed by atoms with Gasteiger partial charge in [0.2, 0.25) is 5.91 Å². The quantitative estimate of drug-likeness (QED) is 0.443. The summed E-state index contributed by atoms with van der Waals surface area (Å²) in [5.74, 6) is -0.137. The number of carbonyl (C=O) groups excluding carboxylic acids is 1. The zero-order valence-electron chi connectivity index (χ0n) is 15.4. The Morgan fingerprint density at radius 2 is 1.82 bits per heavy atom. The highest BCUT2D eigenvalue weighted by atomic mass is 35.5. The lowest BCUT2D eigenvalue weighted by molar-refractivity contribution is -0.121. The first-order valence-electron chi connectivity index (χ1n) is 9.50. The Bertz CT molecular complexity index is 1040. The Morgan fingerprint density at radius 1 is 1.07 bits per heavy atom. The molecule has 1 amide bonds. The summed E-state index contributed by atoms with van der Waals surface area (Å²) in [4.78, 5) is 12.3. The van der Waals surface area contributed by atoms with E-state index in [1.807, 2.05) is 0 Å². The van der Waals surface area contributed by atoms with E-state index in [4.69, 9.17) is 23.2 Å². The predicted octanol–water partition coefficient (Wildman–Crippen LogP) is 5.37. The number of hydrogen-bond donors (Lipinski definition) is 1. The number of nitrogens with one attached hydrogen (secondary N) is 1. The molecule has 1 aliphatic carbocycles. The Morgan fingerprint density at radius 3 is 2.64 bits per heavy atom. The van der Waals surface area contributed by atoms with Gasteiger partial charge in [-0.05, 0) is 49.4 Å². The number of hydrazone groups is 1. The molecule has 0 bridgehead atoms. The van der Waals surface area contributed by atoms with Gasteiger partial charge in [0.25, 0.3) is 0 Å². The number of fused-ring (bicyclic) bond motifs is 3. The summed E-state index contributed by atoms with van der Waals surface area (Å²) in [6, 6.07) is 13.7. The maximum absolute atomic E-state index is 12.3. The van der Waals surface area contributed by atoms with Crippen molar-refractivity contribution >= 4 is 46.2 Å². The molecule has 6 heteroatoms. The topological polar surface area (TPSA) is 46.4 Å². The van der Waals surface area contributed by atoms with Crippen LogP contribution in [0.1, 0.15) is 36.1 Å². The maximum Gasteiger partial charge on any atom is 0.241 e. The van der Waals surface area contributed by atoms with Crippen LogP contribution in [0, 0.1) is 0 Å². The number of aromatic nitrogens is 1. The fraction of sp³-hybridized carbons (Fsp3) is 0.273. The van der Waals surface area contributed by atoms with Crippen LogP contribution in [-0.4, -0.2) is 16.7 Å². The van der Waals surface area contributed by atoms with Gasteiger partial charge in [-0.1, -0.05) is 47.5 Å². The van der Waals surface area contributed by atoms with Crippen molar-refractivity contribution in [2.24, 2.45) is 5.10 Å². The van der Waals surface area contributed by atoms with Gasteiger partial charge in [0.15, 0.2) is 0 Å². The van der Waals surface area contributed by atoms with E-state index in [1.165, 1.54) is 41.2 Å². The molecule has 0 saturated heterocycles. The first-order chi connectivity index (χ1) is 13.6. The van der Waals surface area contributed by atoms with Crippen molar-refractivity contribution < 1.29 is 4.79 Å². The van der Waals surface area contributed by atoms with Crippen molar-refractivity contribution in [1.82, 2.24) is 9.99 Å². The molecule has 4 rings (SSSR count). The van der Waals surface area contributed by atoms with E-state index < -0.39 is 0 Å². The van der Waals surface area contributed by atoms with Crippen molar-refractivity contribution in [3.05, 3.63) is 69.3 Å². The third-order valence-corrected chi connectivity index (χ3v) is 5.89. The van der Waals surface area contributed by atoms with Crippen LogP contribution in [0.25, 0.3) is 10.9 Å². The van der Waals surface area contributed by atoms with E-state index in [9.17, 15) is 4.79 Å². The molecule has 0 spiro atoms. The van der Waals surface area contributed by atoms with Crippen molar-refractivity contribution in [2.75, 3.05) is 0 Å². The fourth-order valence-corrected chi connectivity index (χ4v) is 4.41. The van der Waals surface area contributed by atoms with Crippen LogP contribution in [0.15, 0.2) is 47.6 Å². The largest absolute Gasteiger partial charge is 0.344 e. The van der Waals surface area contributed by atoms with Gasteiger partial charge in [-0.15, -0.1) is 0 Å². The molecule has 0 fully saturated rings. The third-order valence-electron chi connectivity index (χ3n) is 5.23. The number of aryl methyl sites for hydroxylation is 2. The van der Waals surface area contributed by atoms with Crippen LogP contribution in [0.3, 0.4) is 0 Å². The summed E-state index contributed by atoms with van der Waals surface area (Å²) < 4.78 is 2.30. The minimum atomic E-state index is -0.137. The van der Waals surface area contributed by atoms with Crippen molar-refractivity contribution in [3.63, 3.8) is 0 Å². The van der Waals surface area contributed by atoms with Crippen LogP contribution in [0.4, 0.5) is 0 Å². The molecule has 0 unspecified atom stereocenters. The molecule has 3 aromatic rings. The molecule has 2 aromatic carbocycles. The van der Waals surface area contributed by atoms with Gasteiger partial charge in [0.1, 0.15) is 0 Å². The second kappa shape index (κ2) is 8.38. The first kappa shape index (κ1) is 19.0. The average molecular weight is 414 g/mol. The lowest BCUT2D eigenvalue weighted by Crippen LogP contribution is -2.20. The molecular weight excluding hydrogens is 393 g/mol. The monoisotopic (exact) mass is 413 g/mol. The summed E-state index contributed by atoms with van der Waals surface area (Å²) in [5.41, 5.74) is 7.22. The minimum absolute atomic E-state index is 0.137. The number of halogens is 2. The van der Waals surface area contributed by atoms with Gasteiger partial charge in [0.05, 0.1) is 16.3 Å². The first-order valence-corrected chi connectivity index (χ1v) is 10.3. The summed E-state index contributed by atoms with van der Waals surface area (Å²) in [5, 5.41) is 6.33. The van der Waals surface area contributed by atoms with Gasteiger partial charge >= 0.3 is 0 Å². The molecule has 0 atom stereocenters. The normalized spacial score (nSPS) is 13.8. The summed E-state index contributed by atoms with van der Waals surface area (Å²) in [7, 11) is 0.